The lowest BCUT2D eigenvalue weighted by Crippen LogP contribution is -2.44. The molecule has 0 aliphatic carbocycles. The van der Waals surface area contributed by atoms with Crippen molar-refractivity contribution in [1.29, 1.82) is 0 Å². The smallest absolute Gasteiger partial charge is 0.444 e. The summed E-state index contributed by atoms with van der Waals surface area (Å²) < 4.78 is 74.6. The van der Waals surface area contributed by atoms with Gasteiger partial charge >= 0.3 is 21.7 Å². The molecule has 1 amide bonds. The molecular weight excluding hydrogens is 391 g/mol. The zero-order chi connectivity index (χ0) is 20.5. The number of amides is 1. The fourth-order valence-electron chi connectivity index (χ4n) is 2.28. The van der Waals surface area contributed by atoms with Crippen LogP contribution in [0.2, 0.25) is 0 Å². The second kappa shape index (κ2) is 7.55. The van der Waals surface area contributed by atoms with Gasteiger partial charge in [-0.3, -0.25) is 0 Å². The molecule has 0 bridgehead atoms. The van der Waals surface area contributed by atoms with Gasteiger partial charge in [-0.25, -0.2) is 4.79 Å². The molecule has 1 saturated heterocycles. The summed E-state index contributed by atoms with van der Waals surface area (Å²) in [5.74, 6) is -0.497. The second-order valence-electron chi connectivity index (χ2n) is 6.84. The van der Waals surface area contributed by atoms with Crippen molar-refractivity contribution in [2.45, 2.75) is 38.0 Å². The predicted octanol–water partition coefficient (Wildman–Crippen LogP) is 3.22. The Balaban J connectivity index is 2.13. The number of carbonyl (C=O) groups is 1. The van der Waals surface area contributed by atoms with E-state index in [9.17, 15) is 26.4 Å². The first-order chi connectivity index (χ1) is 12.3. The summed E-state index contributed by atoms with van der Waals surface area (Å²) in [5.41, 5.74) is -5.83. The number of hydrogen-bond donors (Lipinski definition) is 0. The molecule has 1 fully saturated rings. The molecule has 0 saturated carbocycles. The molecular formula is C16H20F3NO6S. The first-order valence-electron chi connectivity index (χ1n) is 7.99. The summed E-state index contributed by atoms with van der Waals surface area (Å²) in [6, 6.07) is 5.09. The number of nitrogens with zero attached hydrogens (tertiary/aromatic N) is 1. The minimum atomic E-state index is -5.77. The Morgan fingerprint density at radius 1 is 1.26 bits per heavy atom. The Bertz CT molecular complexity index is 788. The normalized spacial score (nSPS) is 18.9. The van der Waals surface area contributed by atoms with Gasteiger partial charge in [0.05, 0.1) is 13.2 Å². The van der Waals surface area contributed by atoms with Crippen molar-refractivity contribution < 1.29 is 40.0 Å². The Hall–Kier alpha value is -2.01. The van der Waals surface area contributed by atoms with Crippen LogP contribution in [0.3, 0.4) is 0 Å². The molecule has 0 spiro atoms. The average Bonchev–Trinajstić information content (AvgIpc) is 2.52. The number of morpholine rings is 1. The largest absolute Gasteiger partial charge is 0.534 e. The molecule has 1 unspecified atom stereocenters. The maximum Gasteiger partial charge on any atom is 0.534 e. The monoisotopic (exact) mass is 411 g/mol. The van der Waals surface area contributed by atoms with Crippen LogP contribution in [0.15, 0.2) is 24.3 Å². The van der Waals surface area contributed by atoms with E-state index in [1.165, 1.54) is 17.0 Å². The fourth-order valence-corrected chi connectivity index (χ4v) is 2.74. The van der Waals surface area contributed by atoms with E-state index in [2.05, 4.69) is 4.18 Å². The minimum absolute atomic E-state index is 0.102. The maximum atomic E-state index is 12.5. The first kappa shape index (κ1) is 21.3. The van der Waals surface area contributed by atoms with Crippen LogP contribution < -0.4 is 4.18 Å². The van der Waals surface area contributed by atoms with E-state index in [4.69, 9.17) is 9.47 Å². The van der Waals surface area contributed by atoms with Crippen LogP contribution >= 0.6 is 0 Å². The summed E-state index contributed by atoms with van der Waals surface area (Å²) >= 11 is 0. The Morgan fingerprint density at radius 3 is 2.52 bits per heavy atom. The molecule has 0 aromatic heterocycles. The van der Waals surface area contributed by atoms with Crippen molar-refractivity contribution in [2.24, 2.45) is 0 Å². The number of alkyl halides is 3. The van der Waals surface area contributed by atoms with Crippen LogP contribution in [-0.2, 0) is 19.6 Å². The highest BCUT2D eigenvalue weighted by molar-refractivity contribution is 7.88. The van der Waals surface area contributed by atoms with Gasteiger partial charge in [0.15, 0.2) is 0 Å². The van der Waals surface area contributed by atoms with Gasteiger partial charge in [0.25, 0.3) is 0 Å². The van der Waals surface area contributed by atoms with Gasteiger partial charge in [0.2, 0.25) is 0 Å². The van der Waals surface area contributed by atoms with Gasteiger partial charge in [-0.15, -0.1) is 0 Å². The second-order valence-corrected chi connectivity index (χ2v) is 8.38. The summed E-state index contributed by atoms with van der Waals surface area (Å²) in [6.07, 6.45) is -1.20. The van der Waals surface area contributed by atoms with Crippen molar-refractivity contribution in [1.82, 2.24) is 4.90 Å². The standard InChI is InChI=1S/C16H20F3NO6S/c1-15(2,3)25-14(21)20-7-8-24-13(10-20)11-5-4-6-12(9-11)26-27(22,23)16(17,18)19/h4-6,9,13H,7-8,10H2,1-3H3. The van der Waals surface area contributed by atoms with E-state index in [0.29, 0.717) is 12.1 Å². The molecule has 1 aliphatic heterocycles. The zero-order valence-corrected chi connectivity index (χ0v) is 15.8. The minimum Gasteiger partial charge on any atom is -0.444 e. The highest BCUT2D eigenvalue weighted by Crippen LogP contribution is 2.30. The van der Waals surface area contributed by atoms with E-state index in [1.807, 2.05) is 0 Å². The topological polar surface area (TPSA) is 82.1 Å². The third-order valence-electron chi connectivity index (χ3n) is 3.44. The molecule has 1 atom stereocenters. The lowest BCUT2D eigenvalue weighted by atomic mass is 10.1. The van der Waals surface area contributed by atoms with Crippen LogP contribution in [-0.4, -0.2) is 50.2 Å². The summed E-state index contributed by atoms with van der Waals surface area (Å²) in [6.45, 7) is 5.77. The molecule has 2 rings (SSSR count). The third kappa shape index (κ3) is 5.73. The van der Waals surface area contributed by atoms with Crippen LogP contribution in [0.25, 0.3) is 0 Å². The van der Waals surface area contributed by atoms with Crippen molar-refractivity contribution in [2.75, 3.05) is 19.7 Å². The highest BCUT2D eigenvalue weighted by atomic mass is 32.2. The number of rotatable bonds is 3. The number of carbonyl (C=O) groups excluding carboxylic acids is 1. The summed E-state index contributed by atoms with van der Waals surface area (Å²) in [5, 5.41) is 0. The molecule has 1 heterocycles. The van der Waals surface area contributed by atoms with Gasteiger partial charge < -0.3 is 18.6 Å². The number of halogens is 3. The van der Waals surface area contributed by atoms with Gasteiger partial charge in [-0.05, 0) is 38.5 Å². The Kier molecular flexibility index (Phi) is 5.95. The van der Waals surface area contributed by atoms with E-state index in [0.717, 1.165) is 12.1 Å². The van der Waals surface area contributed by atoms with E-state index >= 15 is 0 Å². The average molecular weight is 411 g/mol. The molecule has 27 heavy (non-hydrogen) atoms. The Labute approximate surface area is 155 Å². The number of benzene rings is 1. The summed E-state index contributed by atoms with van der Waals surface area (Å²) in [7, 11) is -5.77. The molecule has 7 nitrogen and oxygen atoms in total. The van der Waals surface area contributed by atoms with E-state index < -0.39 is 39.2 Å². The van der Waals surface area contributed by atoms with Crippen molar-refractivity contribution in [3.05, 3.63) is 29.8 Å². The molecule has 1 aromatic carbocycles. The van der Waals surface area contributed by atoms with E-state index in [1.54, 1.807) is 20.8 Å². The van der Waals surface area contributed by atoms with E-state index in [-0.39, 0.29) is 13.2 Å². The zero-order valence-electron chi connectivity index (χ0n) is 14.9. The maximum absolute atomic E-state index is 12.5. The van der Waals surface area contributed by atoms with Crippen molar-refractivity contribution >= 4 is 16.2 Å². The lowest BCUT2D eigenvalue weighted by Gasteiger charge is -2.34. The molecule has 1 aliphatic rings. The van der Waals surface area contributed by atoms with Crippen LogP contribution in [0.1, 0.15) is 32.4 Å². The number of ether oxygens (including phenoxy) is 2. The van der Waals surface area contributed by atoms with Crippen LogP contribution in [0.4, 0.5) is 18.0 Å². The number of hydrogen-bond acceptors (Lipinski definition) is 6. The molecule has 152 valence electrons. The van der Waals surface area contributed by atoms with Gasteiger partial charge in [0, 0.05) is 6.54 Å². The molecule has 0 N–H and O–H groups in total. The fraction of sp³-hybridized carbons (Fsp3) is 0.562. The molecule has 0 radical (unpaired) electrons. The van der Waals surface area contributed by atoms with Crippen molar-refractivity contribution in [3.8, 4) is 5.75 Å². The Morgan fingerprint density at radius 2 is 1.93 bits per heavy atom. The van der Waals surface area contributed by atoms with Crippen molar-refractivity contribution in [3.63, 3.8) is 0 Å². The van der Waals surface area contributed by atoms with Crippen LogP contribution in [0.5, 0.6) is 5.75 Å². The molecule has 1 aromatic rings. The van der Waals surface area contributed by atoms with Gasteiger partial charge in [0.1, 0.15) is 17.5 Å². The quantitative estimate of drug-likeness (QED) is 0.561. The van der Waals surface area contributed by atoms with Gasteiger partial charge in [-0.2, -0.15) is 21.6 Å². The van der Waals surface area contributed by atoms with Crippen LogP contribution in [0, 0.1) is 0 Å². The van der Waals surface area contributed by atoms with Gasteiger partial charge in [-0.1, -0.05) is 12.1 Å². The lowest BCUT2D eigenvalue weighted by molar-refractivity contribution is -0.0501. The predicted molar refractivity (Wildman–Crippen MR) is 88.5 cm³/mol. The SMILES string of the molecule is CC(C)(C)OC(=O)N1CCOC(c2cccc(OS(=O)(=O)C(F)(F)F)c2)C1. The first-order valence-corrected chi connectivity index (χ1v) is 9.39. The highest BCUT2D eigenvalue weighted by Gasteiger charge is 2.48. The molecule has 11 heteroatoms. The third-order valence-corrected chi connectivity index (χ3v) is 4.42. The summed E-state index contributed by atoms with van der Waals surface area (Å²) in [4.78, 5) is 13.6.